The van der Waals surface area contributed by atoms with Gasteiger partial charge in [0.2, 0.25) is 0 Å². The second-order valence-corrected chi connectivity index (χ2v) is 7.01. The van der Waals surface area contributed by atoms with Crippen LogP contribution in [0.25, 0.3) is 0 Å². The van der Waals surface area contributed by atoms with Crippen molar-refractivity contribution < 1.29 is 14.4 Å². The number of hydrogen-bond acceptors (Lipinski definition) is 5. The molecule has 2 aromatic carbocycles. The van der Waals surface area contributed by atoms with E-state index in [0.29, 0.717) is 18.8 Å². The lowest BCUT2D eigenvalue weighted by atomic mass is 10.2. The molecular formula is C22H26N4O3. The lowest BCUT2D eigenvalue weighted by molar-refractivity contribution is -0.138. The zero-order chi connectivity index (χ0) is 20.5. The van der Waals surface area contributed by atoms with E-state index < -0.39 is 5.91 Å². The van der Waals surface area contributed by atoms with Crippen LogP contribution < -0.4 is 5.32 Å². The predicted molar refractivity (Wildman–Crippen MR) is 113 cm³/mol. The SMILES string of the molecule is Cc1ccc(NC(=O)/C=N\OCC(=O)N2CCN(Cc3ccccc3)CC2)cc1. The van der Waals surface area contributed by atoms with Crippen molar-refractivity contribution in [3.05, 3.63) is 65.7 Å². The standard InChI is InChI=1S/C22H26N4O3/c1-18-7-9-20(10-8-18)24-21(27)15-23-29-17-22(28)26-13-11-25(12-14-26)16-19-5-3-2-4-6-19/h2-10,15H,11-14,16-17H2,1H3,(H,24,27)/b23-15-. The zero-order valence-electron chi connectivity index (χ0n) is 16.6. The summed E-state index contributed by atoms with van der Waals surface area (Å²) >= 11 is 0. The summed E-state index contributed by atoms with van der Waals surface area (Å²) in [5.74, 6) is -0.531. The van der Waals surface area contributed by atoms with Crippen LogP contribution in [0, 0.1) is 6.92 Å². The second kappa shape index (κ2) is 10.4. The van der Waals surface area contributed by atoms with Gasteiger partial charge < -0.3 is 15.1 Å². The molecule has 152 valence electrons. The van der Waals surface area contributed by atoms with Gasteiger partial charge in [0.25, 0.3) is 11.8 Å². The predicted octanol–water partition coefficient (Wildman–Crippen LogP) is 2.28. The van der Waals surface area contributed by atoms with Crippen LogP contribution >= 0.6 is 0 Å². The first-order valence-electron chi connectivity index (χ1n) is 9.67. The first kappa shape index (κ1) is 20.5. The van der Waals surface area contributed by atoms with Crippen LogP contribution in [0.2, 0.25) is 0 Å². The summed E-state index contributed by atoms with van der Waals surface area (Å²) in [7, 11) is 0. The summed E-state index contributed by atoms with van der Waals surface area (Å²) in [4.78, 5) is 33.1. The zero-order valence-corrected chi connectivity index (χ0v) is 16.6. The number of benzene rings is 2. The Kier molecular flexibility index (Phi) is 7.35. The largest absolute Gasteiger partial charge is 0.386 e. The van der Waals surface area contributed by atoms with Gasteiger partial charge in [0.05, 0.1) is 0 Å². The van der Waals surface area contributed by atoms with Gasteiger partial charge in [0.1, 0.15) is 6.21 Å². The first-order valence-corrected chi connectivity index (χ1v) is 9.67. The maximum atomic E-state index is 12.2. The van der Waals surface area contributed by atoms with Gasteiger partial charge in [-0.05, 0) is 24.6 Å². The fraction of sp³-hybridized carbons (Fsp3) is 0.318. The molecule has 0 spiro atoms. The summed E-state index contributed by atoms with van der Waals surface area (Å²) in [5.41, 5.74) is 3.06. The summed E-state index contributed by atoms with van der Waals surface area (Å²) in [5, 5.41) is 6.27. The fourth-order valence-corrected chi connectivity index (χ4v) is 3.08. The number of aryl methyl sites for hydroxylation is 1. The van der Waals surface area contributed by atoms with Crippen molar-refractivity contribution in [1.82, 2.24) is 9.80 Å². The molecule has 0 saturated carbocycles. The van der Waals surface area contributed by atoms with Crippen LogP contribution in [0.4, 0.5) is 5.69 Å². The fourth-order valence-electron chi connectivity index (χ4n) is 3.08. The third kappa shape index (κ3) is 6.73. The maximum absolute atomic E-state index is 12.2. The Balaban J connectivity index is 1.34. The minimum absolute atomic E-state index is 0.125. The molecule has 29 heavy (non-hydrogen) atoms. The van der Waals surface area contributed by atoms with Crippen LogP contribution in [0.3, 0.4) is 0 Å². The highest BCUT2D eigenvalue weighted by molar-refractivity contribution is 6.31. The van der Waals surface area contributed by atoms with E-state index in [1.54, 1.807) is 4.90 Å². The Morgan fingerprint density at radius 1 is 1.03 bits per heavy atom. The molecule has 2 aromatic rings. The molecule has 0 radical (unpaired) electrons. The van der Waals surface area contributed by atoms with Crippen molar-refractivity contribution in [1.29, 1.82) is 0 Å². The highest BCUT2D eigenvalue weighted by Gasteiger charge is 2.21. The lowest BCUT2D eigenvalue weighted by Crippen LogP contribution is -2.49. The van der Waals surface area contributed by atoms with E-state index in [9.17, 15) is 9.59 Å². The number of nitrogens with zero attached hydrogens (tertiary/aromatic N) is 3. The average molecular weight is 394 g/mol. The molecule has 2 amide bonds. The van der Waals surface area contributed by atoms with Gasteiger partial charge in [-0.3, -0.25) is 14.5 Å². The van der Waals surface area contributed by atoms with Crippen molar-refractivity contribution in [2.75, 3.05) is 38.1 Å². The van der Waals surface area contributed by atoms with Gasteiger partial charge in [-0.2, -0.15) is 0 Å². The summed E-state index contributed by atoms with van der Waals surface area (Å²) < 4.78 is 0. The summed E-state index contributed by atoms with van der Waals surface area (Å²) in [6, 6.07) is 17.7. The van der Waals surface area contributed by atoms with Crippen LogP contribution in [0.15, 0.2) is 59.8 Å². The van der Waals surface area contributed by atoms with Gasteiger partial charge in [0, 0.05) is 38.4 Å². The molecule has 0 aromatic heterocycles. The smallest absolute Gasteiger partial charge is 0.270 e. The third-order valence-corrected chi connectivity index (χ3v) is 4.73. The molecule has 0 unspecified atom stereocenters. The molecule has 1 fully saturated rings. The number of hydrogen-bond donors (Lipinski definition) is 1. The second-order valence-electron chi connectivity index (χ2n) is 7.01. The molecule has 1 aliphatic rings. The van der Waals surface area contributed by atoms with Crippen molar-refractivity contribution in [3.8, 4) is 0 Å². The van der Waals surface area contributed by atoms with E-state index in [4.69, 9.17) is 4.84 Å². The normalized spacial score (nSPS) is 14.7. The average Bonchev–Trinajstić information content (AvgIpc) is 2.74. The van der Waals surface area contributed by atoms with Crippen LogP contribution in [-0.2, 0) is 21.0 Å². The molecule has 7 heteroatoms. The minimum Gasteiger partial charge on any atom is -0.386 e. The number of oxime groups is 1. The summed E-state index contributed by atoms with van der Waals surface area (Å²) in [6.07, 6.45) is 1.03. The maximum Gasteiger partial charge on any atom is 0.270 e. The Bertz CT molecular complexity index is 829. The van der Waals surface area contributed by atoms with E-state index >= 15 is 0 Å². The highest BCUT2D eigenvalue weighted by atomic mass is 16.6. The van der Waals surface area contributed by atoms with Gasteiger partial charge in [-0.25, -0.2) is 0 Å². The number of rotatable bonds is 7. The quantitative estimate of drug-likeness (QED) is 0.578. The van der Waals surface area contributed by atoms with E-state index in [1.165, 1.54) is 5.56 Å². The molecule has 7 nitrogen and oxygen atoms in total. The van der Waals surface area contributed by atoms with E-state index in [1.807, 2.05) is 49.4 Å². The van der Waals surface area contributed by atoms with Gasteiger partial charge in [-0.15, -0.1) is 0 Å². The van der Waals surface area contributed by atoms with Crippen LogP contribution in [-0.4, -0.2) is 60.6 Å². The molecular weight excluding hydrogens is 368 g/mol. The minimum atomic E-state index is -0.407. The van der Waals surface area contributed by atoms with Gasteiger partial charge in [-0.1, -0.05) is 53.2 Å². The van der Waals surface area contributed by atoms with Gasteiger partial charge in [0.15, 0.2) is 6.61 Å². The molecule has 1 heterocycles. The van der Waals surface area contributed by atoms with Crippen molar-refractivity contribution >= 4 is 23.7 Å². The Labute approximate surface area is 170 Å². The van der Waals surface area contributed by atoms with E-state index in [2.05, 4.69) is 27.5 Å². The van der Waals surface area contributed by atoms with Gasteiger partial charge >= 0.3 is 0 Å². The Hall–Kier alpha value is -3.19. The number of nitrogens with one attached hydrogen (secondary N) is 1. The molecule has 3 rings (SSSR count). The monoisotopic (exact) mass is 394 g/mol. The third-order valence-electron chi connectivity index (χ3n) is 4.73. The van der Waals surface area contributed by atoms with Crippen LogP contribution in [0.5, 0.6) is 0 Å². The molecule has 1 saturated heterocycles. The van der Waals surface area contributed by atoms with E-state index in [-0.39, 0.29) is 12.5 Å². The highest BCUT2D eigenvalue weighted by Crippen LogP contribution is 2.09. The van der Waals surface area contributed by atoms with Crippen molar-refractivity contribution in [2.45, 2.75) is 13.5 Å². The lowest BCUT2D eigenvalue weighted by Gasteiger charge is -2.34. The van der Waals surface area contributed by atoms with Crippen LogP contribution in [0.1, 0.15) is 11.1 Å². The van der Waals surface area contributed by atoms with Crippen molar-refractivity contribution in [3.63, 3.8) is 0 Å². The Morgan fingerprint density at radius 2 is 1.72 bits per heavy atom. The summed E-state index contributed by atoms with van der Waals surface area (Å²) in [6.45, 7) is 5.65. The molecule has 0 aliphatic carbocycles. The number of anilines is 1. The topological polar surface area (TPSA) is 74.2 Å². The number of carbonyl (C=O) groups is 2. The number of carbonyl (C=O) groups excluding carboxylic acids is 2. The molecule has 0 atom stereocenters. The van der Waals surface area contributed by atoms with E-state index in [0.717, 1.165) is 31.4 Å². The number of amides is 2. The first-order chi connectivity index (χ1) is 14.1. The Morgan fingerprint density at radius 3 is 2.41 bits per heavy atom. The number of piperazine rings is 1. The molecule has 1 N–H and O–H groups in total. The molecule has 1 aliphatic heterocycles. The molecule has 0 bridgehead atoms. The van der Waals surface area contributed by atoms with Crippen molar-refractivity contribution in [2.24, 2.45) is 5.16 Å².